The van der Waals surface area contributed by atoms with Crippen LogP contribution in [-0.2, 0) is 10.2 Å². The molecule has 0 saturated carbocycles. The van der Waals surface area contributed by atoms with Crippen LogP contribution < -0.4 is 15.8 Å². The SMILES string of the molecule is COc1cc(C(C)(CN)CNC(=O)OC(C)(C)C)c(Cl)cn1. The van der Waals surface area contributed by atoms with Gasteiger partial charge in [0.15, 0.2) is 0 Å². The fraction of sp³-hybridized carbons (Fsp3) is 0.600. The van der Waals surface area contributed by atoms with Crippen LogP contribution in [0.4, 0.5) is 4.79 Å². The number of nitrogens with zero attached hydrogens (tertiary/aromatic N) is 1. The molecular formula is C15H24ClN3O3. The average Bonchev–Trinajstić information content (AvgIpc) is 2.43. The molecule has 22 heavy (non-hydrogen) atoms. The Labute approximate surface area is 136 Å². The molecule has 1 aromatic heterocycles. The van der Waals surface area contributed by atoms with Gasteiger partial charge in [-0.1, -0.05) is 18.5 Å². The highest BCUT2D eigenvalue weighted by molar-refractivity contribution is 6.31. The van der Waals surface area contributed by atoms with Gasteiger partial charge in [-0.2, -0.15) is 0 Å². The van der Waals surface area contributed by atoms with Crippen LogP contribution in [0, 0.1) is 0 Å². The summed E-state index contributed by atoms with van der Waals surface area (Å²) in [5.74, 6) is 0.441. The highest BCUT2D eigenvalue weighted by atomic mass is 35.5. The molecule has 6 nitrogen and oxygen atoms in total. The number of hydrogen-bond acceptors (Lipinski definition) is 5. The second-order valence-corrected chi connectivity index (χ2v) is 6.73. The van der Waals surface area contributed by atoms with Gasteiger partial charge in [0.2, 0.25) is 5.88 Å². The van der Waals surface area contributed by atoms with Crippen molar-refractivity contribution in [2.75, 3.05) is 20.2 Å². The lowest BCUT2D eigenvalue weighted by molar-refractivity contribution is 0.0516. The Morgan fingerprint density at radius 2 is 2.05 bits per heavy atom. The molecule has 124 valence electrons. The lowest BCUT2D eigenvalue weighted by Crippen LogP contribution is -2.45. The molecule has 1 amide bonds. The van der Waals surface area contributed by atoms with Gasteiger partial charge in [-0.25, -0.2) is 9.78 Å². The van der Waals surface area contributed by atoms with E-state index in [1.54, 1.807) is 26.8 Å². The van der Waals surface area contributed by atoms with Gasteiger partial charge >= 0.3 is 6.09 Å². The van der Waals surface area contributed by atoms with E-state index >= 15 is 0 Å². The standard InChI is InChI=1S/C15H24ClN3O3/c1-14(2,3)22-13(20)19-9-15(4,8-17)10-6-12(21-5)18-7-11(10)16/h6-7H,8-9,17H2,1-5H3,(H,19,20). The van der Waals surface area contributed by atoms with Crippen molar-refractivity contribution in [3.05, 3.63) is 22.8 Å². The predicted octanol–water partition coefficient (Wildman–Crippen LogP) is 2.48. The summed E-state index contributed by atoms with van der Waals surface area (Å²) in [6.07, 6.45) is 1.02. The molecule has 7 heteroatoms. The molecule has 0 spiro atoms. The number of nitrogens with one attached hydrogen (secondary N) is 1. The van der Waals surface area contributed by atoms with Crippen LogP contribution in [0.3, 0.4) is 0 Å². The Morgan fingerprint density at radius 1 is 1.41 bits per heavy atom. The number of ether oxygens (including phenoxy) is 2. The van der Waals surface area contributed by atoms with Gasteiger partial charge in [0.1, 0.15) is 5.60 Å². The minimum absolute atomic E-state index is 0.283. The highest BCUT2D eigenvalue weighted by Gasteiger charge is 2.30. The van der Waals surface area contributed by atoms with Crippen LogP contribution in [0.1, 0.15) is 33.3 Å². The molecule has 0 fully saturated rings. The number of aromatic nitrogens is 1. The molecule has 1 unspecified atom stereocenters. The van der Waals surface area contributed by atoms with Crippen molar-refractivity contribution in [1.29, 1.82) is 0 Å². The first-order chi connectivity index (χ1) is 10.1. The van der Waals surface area contributed by atoms with Gasteiger partial charge in [0.05, 0.1) is 12.1 Å². The van der Waals surface area contributed by atoms with Crippen molar-refractivity contribution >= 4 is 17.7 Å². The largest absolute Gasteiger partial charge is 0.481 e. The summed E-state index contributed by atoms with van der Waals surface area (Å²) in [5.41, 5.74) is 5.54. The quantitative estimate of drug-likeness (QED) is 0.866. The number of amides is 1. The monoisotopic (exact) mass is 329 g/mol. The maximum atomic E-state index is 11.8. The third-order valence-electron chi connectivity index (χ3n) is 3.16. The zero-order valence-corrected chi connectivity index (χ0v) is 14.5. The van der Waals surface area contributed by atoms with Gasteiger partial charge in [-0.3, -0.25) is 0 Å². The molecule has 0 radical (unpaired) electrons. The number of carbonyl (C=O) groups is 1. The number of alkyl carbamates (subject to hydrolysis) is 1. The summed E-state index contributed by atoms with van der Waals surface area (Å²) in [5, 5.41) is 3.20. The first kappa shape index (κ1) is 18.5. The van der Waals surface area contributed by atoms with Gasteiger partial charge in [0, 0.05) is 30.8 Å². The Hall–Kier alpha value is -1.53. The number of rotatable bonds is 5. The van der Waals surface area contributed by atoms with Crippen LogP contribution in [0.25, 0.3) is 0 Å². The summed E-state index contributed by atoms with van der Waals surface area (Å²) >= 11 is 6.22. The smallest absolute Gasteiger partial charge is 0.407 e. The third-order valence-corrected chi connectivity index (χ3v) is 3.46. The van der Waals surface area contributed by atoms with E-state index in [4.69, 9.17) is 26.8 Å². The lowest BCUT2D eigenvalue weighted by atomic mass is 9.83. The second kappa shape index (κ2) is 7.15. The third kappa shape index (κ3) is 5.03. The molecule has 1 rings (SSSR count). The zero-order chi connectivity index (χ0) is 17.0. The molecule has 0 aliphatic heterocycles. The highest BCUT2D eigenvalue weighted by Crippen LogP contribution is 2.31. The van der Waals surface area contributed by atoms with Crippen LogP contribution in [0.5, 0.6) is 5.88 Å². The van der Waals surface area contributed by atoms with Gasteiger partial charge < -0.3 is 20.5 Å². The summed E-state index contributed by atoms with van der Waals surface area (Å²) < 4.78 is 10.3. The summed E-state index contributed by atoms with van der Waals surface area (Å²) in [6.45, 7) is 7.89. The molecule has 3 N–H and O–H groups in total. The molecule has 0 aromatic carbocycles. The number of nitrogens with two attached hydrogens (primary N) is 1. The van der Waals surface area contributed by atoms with E-state index in [0.717, 1.165) is 5.56 Å². The van der Waals surface area contributed by atoms with Crippen molar-refractivity contribution < 1.29 is 14.3 Å². The van der Waals surface area contributed by atoms with Gasteiger partial charge in [-0.15, -0.1) is 0 Å². The molecule has 0 aliphatic rings. The van der Waals surface area contributed by atoms with E-state index < -0.39 is 17.1 Å². The number of methoxy groups -OCH3 is 1. The second-order valence-electron chi connectivity index (χ2n) is 6.33. The molecular weight excluding hydrogens is 306 g/mol. The van der Waals surface area contributed by atoms with E-state index in [0.29, 0.717) is 10.9 Å². The fourth-order valence-electron chi connectivity index (χ4n) is 1.85. The maximum Gasteiger partial charge on any atom is 0.407 e. The van der Waals surface area contributed by atoms with E-state index in [1.165, 1.54) is 13.3 Å². The zero-order valence-electron chi connectivity index (χ0n) is 13.7. The van der Waals surface area contributed by atoms with Crippen molar-refractivity contribution in [3.8, 4) is 5.88 Å². The van der Waals surface area contributed by atoms with Crippen LogP contribution in [0.2, 0.25) is 5.02 Å². The fourth-order valence-corrected chi connectivity index (χ4v) is 2.18. The first-order valence-corrected chi connectivity index (χ1v) is 7.36. The van der Waals surface area contributed by atoms with Gasteiger partial charge in [-0.05, 0) is 26.3 Å². The lowest BCUT2D eigenvalue weighted by Gasteiger charge is -2.30. The molecule has 0 bridgehead atoms. The molecule has 1 aromatic rings. The molecule has 1 atom stereocenters. The average molecular weight is 330 g/mol. The number of carbonyl (C=O) groups excluding carboxylic acids is 1. The van der Waals surface area contributed by atoms with Crippen molar-refractivity contribution in [3.63, 3.8) is 0 Å². The summed E-state index contributed by atoms with van der Waals surface area (Å²) in [4.78, 5) is 15.9. The van der Waals surface area contributed by atoms with E-state index in [1.807, 2.05) is 6.92 Å². The Bertz CT molecular complexity index is 531. The van der Waals surface area contributed by atoms with Crippen molar-refractivity contribution in [1.82, 2.24) is 10.3 Å². The summed E-state index contributed by atoms with van der Waals surface area (Å²) in [6, 6.07) is 1.73. The predicted molar refractivity (Wildman–Crippen MR) is 86.4 cm³/mol. The molecule has 0 saturated heterocycles. The number of halogens is 1. The minimum atomic E-state index is -0.565. The minimum Gasteiger partial charge on any atom is -0.481 e. The number of hydrogen-bond donors (Lipinski definition) is 2. The normalized spacial score (nSPS) is 14.1. The summed E-state index contributed by atoms with van der Waals surface area (Å²) in [7, 11) is 1.53. The van der Waals surface area contributed by atoms with Gasteiger partial charge in [0.25, 0.3) is 0 Å². The maximum absolute atomic E-state index is 11.8. The molecule has 0 aliphatic carbocycles. The van der Waals surface area contributed by atoms with Crippen molar-refractivity contribution in [2.45, 2.75) is 38.7 Å². The Kier molecular flexibility index (Phi) is 6.02. The Morgan fingerprint density at radius 3 is 2.55 bits per heavy atom. The van der Waals surface area contributed by atoms with Crippen molar-refractivity contribution in [2.24, 2.45) is 5.73 Å². The molecule has 1 heterocycles. The van der Waals surface area contributed by atoms with E-state index in [2.05, 4.69) is 10.3 Å². The van der Waals surface area contributed by atoms with Crippen LogP contribution in [-0.4, -0.2) is 36.9 Å². The van der Waals surface area contributed by atoms with Crippen LogP contribution in [0.15, 0.2) is 12.3 Å². The van der Waals surface area contributed by atoms with Crippen LogP contribution >= 0.6 is 11.6 Å². The van der Waals surface area contributed by atoms with E-state index in [9.17, 15) is 4.79 Å². The Balaban J connectivity index is 2.90. The topological polar surface area (TPSA) is 86.5 Å². The first-order valence-electron chi connectivity index (χ1n) is 6.98. The van der Waals surface area contributed by atoms with E-state index in [-0.39, 0.29) is 13.1 Å². The number of pyridine rings is 1.